The van der Waals surface area contributed by atoms with E-state index in [-0.39, 0.29) is 34.2 Å². The number of nitrogens with zero attached hydrogens (tertiary/aromatic N) is 6. The summed E-state index contributed by atoms with van der Waals surface area (Å²) in [6.07, 6.45) is -3.35. The molecule has 0 aliphatic carbocycles. The molecule has 3 aromatic heterocycles. The number of hydrogen-bond acceptors (Lipinski definition) is 10. The minimum Gasteiger partial charge on any atom is -0.497 e. The molecule has 3 aromatic carbocycles. The molecule has 6 aromatic rings. The van der Waals surface area contributed by atoms with E-state index in [2.05, 4.69) is 30.9 Å². The lowest BCUT2D eigenvalue weighted by molar-refractivity contribution is -0.137. The second-order valence-corrected chi connectivity index (χ2v) is 14.1. The first-order valence-electron chi connectivity index (χ1n) is 16.1. The van der Waals surface area contributed by atoms with Gasteiger partial charge >= 0.3 is 6.18 Å². The summed E-state index contributed by atoms with van der Waals surface area (Å²) in [6.45, 7) is 3.26. The Bertz CT molecular complexity index is 2190. The Kier molecular flexibility index (Phi) is 10.1. The molecule has 4 heterocycles. The van der Waals surface area contributed by atoms with Crippen LogP contribution in [0.15, 0.2) is 77.1 Å². The van der Waals surface area contributed by atoms with Gasteiger partial charge in [0.2, 0.25) is 0 Å². The van der Waals surface area contributed by atoms with Crippen LogP contribution >= 0.6 is 38.9 Å². The fourth-order valence-corrected chi connectivity index (χ4v) is 7.84. The van der Waals surface area contributed by atoms with Crippen LogP contribution in [0.5, 0.6) is 17.2 Å². The van der Waals surface area contributed by atoms with Gasteiger partial charge < -0.3 is 24.0 Å². The van der Waals surface area contributed by atoms with E-state index < -0.39 is 11.7 Å². The fraction of sp³-hybridized carbons (Fsp3) is 0.243. The number of thiazole rings is 1. The molecule has 0 amide bonds. The maximum absolute atomic E-state index is 15.0. The molecule has 0 bridgehead atoms. The number of aryl methyl sites for hydroxylation is 1. The largest absolute Gasteiger partial charge is 0.497 e. The number of hydrogen-bond donors (Lipinski definition) is 0. The van der Waals surface area contributed by atoms with Crippen molar-refractivity contribution >= 4 is 61.4 Å². The third-order valence-corrected chi connectivity index (χ3v) is 10.9. The molecule has 0 spiro atoms. The number of benzene rings is 3. The van der Waals surface area contributed by atoms with Crippen LogP contribution in [-0.4, -0.2) is 47.3 Å². The van der Waals surface area contributed by atoms with E-state index in [9.17, 15) is 0 Å². The zero-order valence-corrected chi connectivity index (χ0v) is 31.3. The van der Waals surface area contributed by atoms with Crippen molar-refractivity contribution in [3.8, 4) is 28.5 Å². The third kappa shape index (κ3) is 7.19. The molecule has 9 nitrogen and oxygen atoms in total. The first-order chi connectivity index (χ1) is 25.0. The zero-order chi connectivity index (χ0) is 36.6. The van der Waals surface area contributed by atoms with E-state index in [0.29, 0.717) is 60.2 Å². The number of halogens is 5. The van der Waals surface area contributed by atoms with Gasteiger partial charge in [-0.1, -0.05) is 35.9 Å². The Morgan fingerprint density at radius 3 is 2.19 bits per heavy atom. The van der Waals surface area contributed by atoms with Crippen LogP contribution in [0, 0.1) is 6.92 Å². The van der Waals surface area contributed by atoms with Crippen molar-refractivity contribution < 1.29 is 27.4 Å². The quantitative estimate of drug-likeness (QED) is 0.134. The van der Waals surface area contributed by atoms with E-state index in [0.717, 1.165) is 20.6 Å². The lowest BCUT2D eigenvalue weighted by Gasteiger charge is -2.27. The van der Waals surface area contributed by atoms with E-state index in [1.165, 1.54) is 30.7 Å². The Labute approximate surface area is 315 Å². The van der Waals surface area contributed by atoms with Gasteiger partial charge in [0.15, 0.2) is 5.75 Å². The molecule has 1 aliphatic heterocycles. The average Bonchev–Trinajstić information content (AvgIpc) is 3.44. The molecule has 0 saturated heterocycles. The fourth-order valence-electron chi connectivity index (χ4n) is 6.24. The van der Waals surface area contributed by atoms with Gasteiger partial charge in [-0.05, 0) is 75.9 Å². The highest BCUT2D eigenvalue weighted by Crippen LogP contribution is 2.48. The molecule has 0 saturated carbocycles. The molecule has 0 atom stereocenters. The minimum atomic E-state index is -4.75. The van der Waals surface area contributed by atoms with Gasteiger partial charge in [0.1, 0.15) is 40.7 Å². The molecule has 0 unspecified atom stereocenters. The Balaban J connectivity index is 1.38. The summed E-state index contributed by atoms with van der Waals surface area (Å²) >= 11 is 12.1. The smallest absolute Gasteiger partial charge is 0.418 e. The predicted molar refractivity (Wildman–Crippen MR) is 200 cm³/mol. The van der Waals surface area contributed by atoms with Crippen LogP contribution in [0.4, 0.5) is 24.8 Å². The van der Waals surface area contributed by atoms with Crippen LogP contribution < -0.4 is 24.0 Å². The molecule has 52 heavy (non-hydrogen) atoms. The number of anilines is 2. The molecule has 15 heteroatoms. The highest BCUT2D eigenvalue weighted by atomic mass is 79.9. The highest BCUT2D eigenvalue weighted by molar-refractivity contribution is 9.10. The second-order valence-electron chi connectivity index (χ2n) is 12.1. The Hall–Kier alpha value is -4.66. The summed E-state index contributed by atoms with van der Waals surface area (Å²) in [5.41, 5.74) is 2.78. The van der Waals surface area contributed by atoms with Gasteiger partial charge in [0.25, 0.3) is 0 Å². The lowest BCUT2D eigenvalue weighted by Crippen LogP contribution is -2.27. The lowest BCUT2D eigenvalue weighted by atomic mass is 9.98. The van der Waals surface area contributed by atoms with Crippen molar-refractivity contribution in [3.63, 3.8) is 0 Å². The highest BCUT2D eigenvalue weighted by Gasteiger charge is 2.39. The Morgan fingerprint density at radius 1 is 0.962 bits per heavy atom. The maximum atomic E-state index is 15.0. The molecule has 0 N–H and O–H groups in total. The summed E-state index contributed by atoms with van der Waals surface area (Å²) in [7, 11) is 3.18. The van der Waals surface area contributed by atoms with Crippen molar-refractivity contribution in [2.24, 2.45) is 0 Å². The zero-order valence-electron chi connectivity index (χ0n) is 28.2. The summed E-state index contributed by atoms with van der Waals surface area (Å²) in [4.78, 5) is 23.0. The number of methoxy groups -OCH3 is 2. The van der Waals surface area contributed by atoms with Crippen LogP contribution in [0.3, 0.4) is 0 Å². The molecule has 268 valence electrons. The van der Waals surface area contributed by atoms with Gasteiger partial charge in [0.05, 0.1) is 64.9 Å². The molecular weight excluding hydrogens is 781 g/mol. The van der Waals surface area contributed by atoms with E-state index in [1.54, 1.807) is 25.8 Å². The van der Waals surface area contributed by atoms with Gasteiger partial charge in [-0.15, -0.1) is 11.3 Å². The number of aromatic nitrogens is 4. The standard InChI is InChI=1S/C37H31BrClF3N6O3S/c1-21-14-29(48(16-22-4-8-24(49-2)9-5-22)17-23-6-10-25(50-3)11-7-23)46-33(31(21)37(40,41)42)26-15-27-30-34(32(26)39)51-13-12-47(36(30)44-19-43-27)18-28-35(38)45-20-52-28/h4-11,14-15,19-20H,12-13,16-18H2,1-3H3. The van der Waals surface area contributed by atoms with Crippen LogP contribution in [-0.2, 0) is 25.8 Å². The summed E-state index contributed by atoms with van der Waals surface area (Å²) in [5.74, 6) is 2.48. The van der Waals surface area contributed by atoms with Crippen molar-refractivity contribution in [2.45, 2.75) is 32.7 Å². The van der Waals surface area contributed by atoms with Crippen LogP contribution in [0.1, 0.15) is 27.1 Å². The van der Waals surface area contributed by atoms with Crippen molar-refractivity contribution in [1.29, 1.82) is 0 Å². The molecular formula is C37H31BrClF3N6O3S. The Morgan fingerprint density at radius 2 is 1.62 bits per heavy atom. The van der Waals surface area contributed by atoms with Crippen molar-refractivity contribution in [2.75, 3.05) is 37.2 Å². The van der Waals surface area contributed by atoms with E-state index in [1.807, 2.05) is 58.3 Å². The van der Waals surface area contributed by atoms with Gasteiger partial charge in [-0.3, -0.25) is 0 Å². The molecule has 0 radical (unpaired) electrons. The topological polar surface area (TPSA) is 85.7 Å². The average molecular weight is 812 g/mol. The monoisotopic (exact) mass is 810 g/mol. The van der Waals surface area contributed by atoms with Gasteiger partial charge in [-0.25, -0.2) is 19.9 Å². The molecule has 1 aliphatic rings. The van der Waals surface area contributed by atoms with E-state index in [4.69, 9.17) is 30.8 Å². The number of ether oxygens (including phenoxy) is 3. The van der Waals surface area contributed by atoms with E-state index >= 15 is 13.2 Å². The van der Waals surface area contributed by atoms with Gasteiger partial charge in [0, 0.05) is 18.7 Å². The predicted octanol–water partition coefficient (Wildman–Crippen LogP) is 9.51. The molecule has 0 fully saturated rings. The van der Waals surface area contributed by atoms with Gasteiger partial charge in [-0.2, -0.15) is 13.2 Å². The summed E-state index contributed by atoms with van der Waals surface area (Å²) in [6, 6.07) is 18.0. The number of alkyl halides is 3. The van der Waals surface area contributed by atoms with Crippen LogP contribution in [0.25, 0.3) is 22.2 Å². The van der Waals surface area contributed by atoms with Crippen molar-refractivity contribution in [1.82, 2.24) is 19.9 Å². The first-order valence-corrected chi connectivity index (χ1v) is 18.1. The van der Waals surface area contributed by atoms with Crippen molar-refractivity contribution in [3.05, 3.63) is 109 Å². The third-order valence-electron chi connectivity index (χ3n) is 8.76. The SMILES string of the molecule is COc1ccc(CN(Cc2ccc(OC)cc2)c2cc(C)c(C(F)(F)F)c(-c3cc4ncnc5c4c(c3Cl)OCCN5Cc3scnc3Br)n2)cc1. The second kappa shape index (κ2) is 14.8. The summed E-state index contributed by atoms with van der Waals surface area (Å²) < 4.78 is 62.6. The normalized spacial score (nSPS) is 12.8. The van der Waals surface area contributed by atoms with Crippen LogP contribution in [0.2, 0.25) is 5.02 Å². The maximum Gasteiger partial charge on any atom is 0.418 e. The summed E-state index contributed by atoms with van der Waals surface area (Å²) in [5, 5.41) is 0.507. The molecule has 7 rings (SSSR count). The minimum absolute atomic E-state index is 0.00391. The number of pyridine rings is 1. The number of rotatable bonds is 10. The first kappa shape index (κ1) is 35.7.